The van der Waals surface area contributed by atoms with E-state index in [1.54, 1.807) is 6.07 Å². The first kappa shape index (κ1) is 9.10. The van der Waals surface area contributed by atoms with Gasteiger partial charge in [0.05, 0.1) is 0 Å². The lowest BCUT2D eigenvalue weighted by Crippen LogP contribution is -2.15. The fourth-order valence-electron chi connectivity index (χ4n) is 1.65. The Bertz CT molecular complexity index is 353. The highest BCUT2D eigenvalue weighted by Crippen LogP contribution is 2.24. The van der Waals surface area contributed by atoms with Gasteiger partial charge in [0, 0.05) is 24.8 Å². The van der Waals surface area contributed by atoms with Crippen LogP contribution < -0.4 is 0 Å². The predicted molar refractivity (Wildman–Crippen MR) is 49.5 cm³/mol. The molecule has 1 aliphatic rings. The van der Waals surface area contributed by atoms with Crippen LogP contribution in [0.15, 0.2) is 12.4 Å². The van der Waals surface area contributed by atoms with Crippen LogP contribution >= 0.6 is 0 Å². The molecule has 1 fully saturated rings. The van der Waals surface area contributed by atoms with Crippen molar-refractivity contribution in [2.75, 3.05) is 13.2 Å². The van der Waals surface area contributed by atoms with Crippen molar-refractivity contribution in [2.24, 2.45) is 0 Å². The van der Waals surface area contributed by atoms with Crippen LogP contribution in [0.25, 0.3) is 0 Å². The van der Waals surface area contributed by atoms with E-state index in [1.165, 1.54) is 6.33 Å². The van der Waals surface area contributed by atoms with Crippen LogP contribution in [0.5, 0.6) is 0 Å². The average molecular weight is 189 g/mol. The molecule has 0 unspecified atom stereocenters. The number of nitrogens with zero attached hydrogens (tertiary/aromatic N) is 3. The smallest absolute Gasteiger partial charge is 0.144 e. The molecule has 1 aliphatic heterocycles. The molecule has 0 radical (unpaired) electrons. The van der Waals surface area contributed by atoms with Crippen LogP contribution in [0.3, 0.4) is 0 Å². The largest absolute Gasteiger partial charge is 0.381 e. The van der Waals surface area contributed by atoms with Crippen molar-refractivity contribution in [3.63, 3.8) is 0 Å². The molecule has 4 nitrogen and oxygen atoms in total. The van der Waals surface area contributed by atoms with Gasteiger partial charge in [0.2, 0.25) is 0 Å². The lowest BCUT2D eigenvalue weighted by molar-refractivity contribution is 0.0844. The van der Waals surface area contributed by atoms with E-state index in [9.17, 15) is 0 Å². The number of ether oxygens (including phenoxy) is 1. The van der Waals surface area contributed by atoms with Crippen molar-refractivity contribution in [1.29, 1.82) is 5.26 Å². The van der Waals surface area contributed by atoms with Crippen molar-refractivity contribution in [2.45, 2.75) is 18.8 Å². The summed E-state index contributed by atoms with van der Waals surface area (Å²) < 4.78 is 5.27. The summed E-state index contributed by atoms with van der Waals surface area (Å²) in [7, 11) is 0. The third kappa shape index (κ3) is 1.88. The highest BCUT2D eigenvalue weighted by Gasteiger charge is 2.17. The summed E-state index contributed by atoms with van der Waals surface area (Å²) in [6.45, 7) is 1.58. The van der Waals surface area contributed by atoms with Gasteiger partial charge in [0.25, 0.3) is 0 Å². The van der Waals surface area contributed by atoms with Crippen molar-refractivity contribution in [3.8, 4) is 6.07 Å². The maximum Gasteiger partial charge on any atom is 0.144 e. The molecular weight excluding hydrogens is 178 g/mol. The van der Waals surface area contributed by atoms with E-state index in [0.29, 0.717) is 11.6 Å². The SMILES string of the molecule is N#Cc1cc(C2CCOCC2)ncn1. The number of aromatic nitrogens is 2. The molecule has 1 saturated heterocycles. The highest BCUT2D eigenvalue weighted by molar-refractivity contribution is 5.23. The van der Waals surface area contributed by atoms with Crippen LogP contribution in [0.4, 0.5) is 0 Å². The average Bonchev–Trinajstić information content (AvgIpc) is 2.30. The third-order valence-electron chi connectivity index (χ3n) is 2.44. The normalized spacial score (nSPS) is 17.6. The van der Waals surface area contributed by atoms with Gasteiger partial charge in [-0.05, 0) is 18.9 Å². The second-order valence-electron chi connectivity index (χ2n) is 3.33. The maximum absolute atomic E-state index is 8.70. The lowest BCUT2D eigenvalue weighted by atomic mass is 9.96. The summed E-state index contributed by atoms with van der Waals surface area (Å²) in [4.78, 5) is 8.04. The second kappa shape index (κ2) is 4.16. The summed E-state index contributed by atoms with van der Waals surface area (Å²) in [5, 5.41) is 8.70. The minimum Gasteiger partial charge on any atom is -0.381 e. The monoisotopic (exact) mass is 189 g/mol. The maximum atomic E-state index is 8.70. The molecule has 0 N–H and O–H groups in total. The fraction of sp³-hybridized carbons (Fsp3) is 0.500. The van der Waals surface area contributed by atoms with Gasteiger partial charge in [0.15, 0.2) is 0 Å². The van der Waals surface area contributed by atoms with Gasteiger partial charge in [-0.15, -0.1) is 0 Å². The Hall–Kier alpha value is -1.47. The van der Waals surface area contributed by atoms with Crippen molar-refractivity contribution < 1.29 is 4.74 Å². The lowest BCUT2D eigenvalue weighted by Gasteiger charge is -2.21. The zero-order valence-electron chi connectivity index (χ0n) is 7.81. The van der Waals surface area contributed by atoms with Crippen LogP contribution in [0.1, 0.15) is 30.1 Å². The Kier molecular flexibility index (Phi) is 2.70. The Balaban J connectivity index is 2.18. The third-order valence-corrected chi connectivity index (χ3v) is 2.44. The van der Waals surface area contributed by atoms with Crippen molar-refractivity contribution >= 4 is 0 Å². The van der Waals surface area contributed by atoms with E-state index >= 15 is 0 Å². The van der Waals surface area contributed by atoms with E-state index in [2.05, 4.69) is 9.97 Å². The number of hydrogen-bond donors (Lipinski definition) is 0. The molecule has 0 amide bonds. The standard InChI is InChI=1S/C10H11N3O/c11-6-9-5-10(13-7-12-9)8-1-3-14-4-2-8/h5,7-8H,1-4H2. The van der Waals surface area contributed by atoms with Gasteiger partial charge in [-0.25, -0.2) is 9.97 Å². The molecular formula is C10H11N3O. The fourth-order valence-corrected chi connectivity index (χ4v) is 1.65. The molecule has 1 aromatic rings. The molecule has 2 heterocycles. The molecule has 0 aliphatic carbocycles. The highest BCUT2D eigenvalue weighted by atomic mass is 16.5. The molecule has 0 aromatic carbocycles. The minimum absolute atomic E-state index is 0.429. The van der Waals surface area contributed by atoms with E-state index in [-0.39, 0.29) is 0 Å². The topological polar surface area (TPSA) is 58.8 Å². The van der Waals surface area contributed by atoms with Gasteiger partial charge < -0.3 is 4.74 Å². The summed E-state index contributed by atoms with van der Waals surface area (Å²) in [6, 6.07) is 3.80. The van der Waals surface area contributed by atoms with Crippen LogP contribution in [0.2, 0.25) is 0 Å². The molecule has 0 saturated carbocycles. The van der Waals surface area contributed by atoms with Crippen molar-refractivity contribution in [1.82, 2.24) is 9.97 Å². The van der Waals surface area contributed by atoms with Crippen molar-refractivity contribution in [3.05, 3.63) is 23.8 Å². The number of hydrogen-bond acceptors (Lipinski definition) is 4. The number of nitriles is 1. The molecule has 1 aromatic heterocycles. The molecule has 2 rings (SSSR count). The quantitative estimate of drug-likeness (QED) is 0.667. The molecule has 14 heavy (non-hydrogen) atoms. The zero-order valence-corrected chi connectivity index (χ0v) is 7.81. The first-order valence-corrected chi connectivity index (χ1v) is 4.70. The van der Waals surface area contributed by atoms with Gasteiger partial charge in [-0.2, -0.15) is 5.26 Å². The summed E-state index contributed by atoms with van der Waals surface area (Å²) in [5.41, 5.74) is 1.42. The summed E-state index contributed by atoms with van der Waals surface area (Å²) >= 11 is 0. The van der Waals surface area contributed by atoms with E-state index in [0.717, 1.165) is 31.7 Å². The van der Waals surface area contributed by atoms with E-state index < -0.39 is 0 Å². The van der Waals surface area contributed by atoms with Crippen LogP contribution in [-0.2, 0) is 4.74 Å². The molecule has 0 spiro atoms. The first-order chi connectivity index (χ1) is 6.90. The molecule has 0 bridgehead atoms. The first-order valence-electron chi connectivity index (χ1n) is 4.70. The number of rotatable bonds is 1. The summed E-state index contributed by atoms with van der Waals surface area (Å²) in [5.74, 6) is 0.429. The van der Waals surface area contributed by atoms with Gasteiger partial charge in [-0.1, -0.05) is 0 Å². The van der Waals surface area contributed by atoms with Crippen LogP contribution in [0, 0.1) is 11.3 Å². The molecule has 4 heteroatoms. The van der Waals surface area contributed by atoms with Gasteiger partial charge >= 0.3 is 0 Å². The summed E-state index contributed by atoms with van der Waals surface area (Å²) in [6.07, 6.45) is 3.44. The van der Waals surface area contributed by atoms with Crippen LogP contribution in [-0.4, -0.2) is 23.2 Å². The molecule has 0 atom stereocenters. The Morgan fingerprint density at radius 3 is 2.86 bits per heavy atom. The van der Waals surface area contributed by atoms with Gasteiger partial charge in [0.1, 0.15) is 18.1 Å². The molecule has 72 valence electrons. The predicted octanol–water partition coefficient (Wildman–Crippen LogP) is 1.24. The Labute approximate surface area is 82.6 Å². The Morgan fingerprint density at radius 2 is 2.14 bits per heavy atom. The zero-order chi connectivity index (χ0) is 9.80. The van der Waals surface area contributed by atoms with E-state index in [4.69, 9.17) is 10.00 Å². The second-order valence-corrected chi connectivity index (χ2v) is 3.33. The minimum atomic E-state index is 0.429. The van der Waals surface area contributed by atoms with E-state index in [1.807, 2.05) is 6.07 Å². The Morgan fingerprint density at radius 1 is 1.36 bits per heavy atom. The van der Waals surface area contributed by atoms with Gasteiger partial charge in [-0.3, -0.25) is 0 Å².